The van der Waals surface area contributed by atoms with Gasteiger partial charge in [0.05, 0.1) is 0 Å². The number of aromatic nitrogens is 1. The fraction of sp³-hybridized carbons (Fsp3) is 0.667. The lowest BCUT2D eigenvalue weighted by Gasteiger charge is -2.34. The maximum absolute atomic E-state index is 4.19. The van der Waals surface area contributed by atoms with E-state index >= 15 is 0 Å². The Hall–Kier alpha value is -0.890. The summed E-state index contributed by atoms with van der Waals surface area (Å²) >= 11 is 0. The van der Waals surface area contributed by atoms with E-state index in [1.165, 1.54) is 24.8 Å². The predicted molar refractivity (Wildman–Crippen MR) is 71.8 cm³/mol. The van der Waals surface area contributed by atoms with Crippen molar-refractivity contribution < 1.29 is 0 Å². The van der Waals surface area contributed by atoms with Gasteiger partial charge in [0.2, 0.25) is 0 Å². The third-order valence-corrected chi connectivity index (χ3v) is 4.27. The summed E-state index contributed by atoms with van der Waals surface area (Å²) in [5.74, 6) is 1.74. The highest BCUT2D eigenvalue weighted by Crippen LogP contribution is 2.30. The monoisotopic (exact) mass is 232 g/mol. The molecule has 1 N–H and O–H groups in total. The summed E-state index contributed by atoms with van der Waals surface area (Å²) in [5.41, 5.74) is 1.29. The van der Waals surface area contributed by atoms with Crippen LogP contribution in [0.4, 0.5) is 0 Å². The van der Waals surface area contributed by atoms with Gasteiger partial charge in [0.15, 0.2) is 0 Å². The van der Waals surface area contributed by atoms with Crippen LogP contribution in [0.25, 0.3) is 0 Å². The lowest BCUT2D eigenvalue weighted by molar-refractivity contribution is 0.217. The van der Waals surface area contributed by atoms with Crippen molar-refractivity contribution in [1.29, 1.82) is 0 Å². The first kappa shape index (κ1) is 12.6. The number of nitrogens with one attached hydrogen (secondary N) is 1. The molecule has 1 saturated carbocycles. The van der Waals surface area contributed by atoms with Crippen molar-refractivity contribution in [1.82, 2.24) is 10.3 Å². The van der Waals surface area contributed by atoms with Crippen LogP contribution in [-0.4, -0.2) is 11.0 Å². The minimum atomic E-state index is 0.411. The SMILES string of the molecule is CC1CCC(N[C@@H](C)c2cccnc2)CC1C. The van der Waals surface area contributed by atoms with E-state index in [1.54, 1.807) is 0 Å². The second kappa shape index (κ2) is 5.63. The second-order valence-electron chi connectivity index (χ2n) is 5.64. The Morgan fingerprint density at radius 2 is 2.12 bits per heavy atom. The first-order valence-electron chi connectivity index (χ1n) is 6.82. The minimum absolute atomic E-state index is 0.411. The Labute approximate surface area is 105 Å². The van der Waals surface area contributed by atoms with E-state index < -0.39 is 0 Å². The zero-order chi connectivity index (χ0) is 12.3. The van der Waals surface area contributed by atoms with E-state index in [-0.39, 0.29) is 0 Å². The molecule has 2 rings (SSSR count). The Kier molecular flexibility index (Phi) is 4.16. The molecule has 0 aliphatic heterocycles. The molecule has 3 unspecified atom stereocenters. The van der Waals surface area contributed by atoms with Crippen molar-refractivity contribution in [2.24, 2.45) is 11.8 Å². The highest BCUT2D eigenvalue weighted by Gasteiger charge is 2.25. The molecule has 0 saturated heterocycles. The first-order valence-corrected chi connectivity index (χ1v) is 6.82. The van der Waals surface area contributed by atoms with Crippen molar-refractivity contribution in [2.75, 3.05) is 0 Å². The molecule has 17 heavy (non-hydrogen) atoms. The zero-order valence-electron chi connectivity index (χ0n) is 11.2. The Morgan fingerprint density at radius 3 is 2.76 bits per heavy atom. The third-order valence-electron chi connectivity index (χ3n) is 4.27. The molecular formula is C15H24N2. The number of pyridine rings is 1. The predicted octanol–water partition coefficient (Wildman–Crippen LogP) is 3.56. The molecule has 2 nitrogen and oxygen atoms in total. The van der Waals surface area contributed by atoms with Gasteiger partial charge in [-0.1, -0.05) is 19.9 Å². The van der Waals surface area contributed by atoms with Crippen molar-refractivity contribution in [3.8, 4) is 0 Å². The molecular weight excluding hydrogens is 208 g/mol. The van der Waals surface area contributed by atoms with Gasteiger partial charge >= 0.3 is 0 Å². The summed E-state index contributed by atoms with van der Waals surface area (Å²) in [5, 5.41) is 3.75. The maximum atomic E-state index is 4.19. The molecule has 1 fully saturated rings. The van der Waals surface area contributed by atoms with Crippen molar-refractivity contribution in [2.45, 2.75) is 52.1 Å². The lowest BCUT2D eigenvalue weighted by Crippen LogP contribution is -2.37. The normalized spacial score (nSPS) is 31.1. The van der Waals surface area contributed by atoms with Gasteiger partial charge in [-0.25, -0.2) is 0 Å². The fourth-order valence-corrected chi connectivity index (χ4v) is 2.78. The number of hydrogen-bond donors (Lipinski definition) is 1. The molecule has 1 aromatic heterocycles. The van der Waals surface area contributed by atoms with Crippen LogP contribution < -0.4 is 5.32 Å². The summed E-state index contributed by atoms with van der Waals surface area (Å²) in [6.45, 7) is 7.00. The van der Waals surface area contributed by atoms with E-state index in [4.69, 9.17) is 0 Å². The average Bonchev–Trinajstić information content (AvgIpc) is 2.35. The van der Waals surface area contributed by atoms with Crippen LogP contribution in [0.2, 0.25) is 0 Å². The number of rotatable bonds is 3. The molecule has 1 aliphatic rings. The Balaban J connectivity index is 1.89. The Morgan fingerprint density at radius 1 is 1.29 bits per heavy atom. The zero-order valence-corrected chi connectivity index (χ0v) is 11.2. The highest BCUT2D eigenvalue weighted by atomic mass is 14.9. The summed E-state index contributed by atoms with van der Waals surface area (Å²) in [7, 11) is 0. The highest BCUT2D eigenvalue weighted by molar-refractivity contribution is 5.13. The van der Waals surface area contributed by atoms with Gasteiger partial charge in [-0.2, -0.15) is 0 Å². The fourth-order valence-electron chi connectivity index (χ4n) is 2.78. The topological polar surface area (TPSA) is 24.9 Å². The standard InChI is InChI=1S/C15H24N2/c1-11-6-7-15(9-12(11)2)17-13(3)14-5-4-8-16-10-14/h4-5,8,10-13,15,17H,6-7,9H2,1-3H3/t11?,12?,13-,15?/m0/s1. The smallest absolute Gasteiger partial charge is 0.0315 e. The number of hydrogen-bond acceptors (Lipinski definition) is 2. The Bertz CT molecular complexity index is 336. The summed E-state index contributed by atoms with van der Waals surface area (Å²) in [6.07, 6.45) is 7.79. The van der Waals surface area contributed by atoms with Crippen LogP contribution in [0.3, 0.4) is 0 Å². The van der Waals surface area contributed by atoms with E-state index in [0.29, 0.717) is 12.1 Å². The lowest BCUT2D eigenvalue weighted by atomic mass is 9.79. The van der Waals surface area contributed by atoms with E-state index in [9.17, 15) is 0 Å². The molecule has 1 heterocycles. The van der Waals surface area contributed by atoms with E-state index in [2.05, 4.69) is 37.1 Å². The molecule has 1 aromatic rings. The quantitative estimate of drug-likeness (QED) is 0.862. The first-order chi connectivity index (χ1) is 8.16. The molecule has 0 bridgehead atoms. The van der Waals surface area contributed by atoms with Gasteiger partial charge in [-0.3, -0.25) is 4.98 Å². The van der Waals surface area contributed by atoms with Gasteiger partial charge in [0.1, 0.15) is 0 Å². The van der Waals surface area contributed by atoms with Crippen LogP contribution in [-0.2, 0) is 0 Å². The van der Waals surface area contributed by atoms with Crippen molar-refractivity contribution in [3.63, 3.8) is 0 Å². The molecule has 0 amide bonds. The van der Waals surface area contributed by atoms with Gasteiger partial charge < -0.3 is 5.32 Å². The van der Waals surface area contributed by atoms with Crippen LogP contribution >= 0.6 is 0 Å². The summed E-state index contributed by atoms with van der Waals surface area (Å²) in [4.78, 5) is 4.19. The summed E-state index contributed by atoms with van der Waals surface area (Å²) < 4.78 is 0. The largest absolute Gasteiger partial charge is 0.307 e. The summed E-state index contributed by atoms with van der Waals surface area (Å²) in [6, 6.07) is 5.25. The van der Waals surface area contributed by atoms with Crippen LogP contribution in [0.5, 0.6) is 0 Å². The van der Waals surface area contributed by atoms with Gasteiger partial charge in [0.25, 0.3) is 0 Å². The van der Waals surface area contributed by atoms with E-state index in [1.807, 2.05) is 18.5 Å². The molecule has 1 aliphatic carbocycles. The average molecular weight is 232 g/mol. The van der Waals surface area contributed by atoms with Crippen LogP contribution in [0.1, 0.15) is 51.6 Å². The van der Waals surface area contributed by atoms with Crippen molar-refractivity contribution in [3.05, 3.63) is 30.1 Å². The molecule has 4 atom stereocenters. The van der Waals surface area contributed by atoms with Gasteiger partial charge in [-0.15, -0.1) is 0 Å². The second-order valence-corrected chi connectivity index (χ2v) is 5.64. The molecule has 0 spiro atoms. The van der Waals surface area contributed by atoms with Crippen molar-refractivity contribution >= 4 is 0 Å². The van der Waals surface area contributed by atoms with E-state index in [0.717, 1.165) is 11.8 Å². The molecule has 94 valence electrons. The van der Waals surface area contributed by atoms with Gasteiger partial charge in [-0.05, 0) is 49.7 Å². The number of nitrogens with zero attached hydrogens (tertiary/aromatic N) is 1. The minimum Gasteiger partial charge on any atom is -0.307 e. The molecule has 0 aromatic carbocycles. The van der Waals surface area contributed by atoms with Crippen LogP contribution in [0.15, 0.2) is 24.5 Å². The maximum Gasteiger partial charge on any atom is 0.0315 e. The molecule has 0 radical (unpaired) electrons. The van der Waals surface area contributed by atoms with Crippen LogP contribution in [0, 0.1) is 11.8 Å². The molecule has 2 heteroatoms. The third kappa shape index (κ3) is 3.29. The van der Waals surface area contributed by atoms with Gasteiger partial charge in [0, 0.05) is 24.5 Å².